The van der Waals surface area contributed by atoms with Crippen LogP contribution in [-0.2, 0) is 17.7 Å². The number of fused-ring (bicyclic) bond motifs is 1. The number of hydrogen-bond acceptors (Lipinski definition) is 4. The number of carbonyl (C=O) groups is 1. The first kappa shape index (κ1) is 15.6. The molecule has 1 N–H and O–H groups in total. The Hall–Kier alpha value is -1.33. The van der Waals surface area contributed by atoms with Crippen molar-refractivity contribution in [3.05, 3.63) is 28.5 Å². The average Bonchev–Trinajstić information content (AvgIpc) is 3.14. The number of aliphatic hydroxyl groups is 1. The lowest BCUT2D eigenvalue weighted by molar-refractivity contribution is -0.0198. The molecule has 1 amide bonds. The van der Waals surface area contributed by atoms with E-state index in [1.807, 2.05) is 26.8 Å². The highest BCUT2D eigenvalue weighted by molar-refractivity contribution is 6.29. The Morgan fingerprint density at radius 3 is 2.73 bits per heavy atom. The number of ether oxygens (including phenoxy) is 1. The summed E-state index contributed by atoms with van der Waals surface area (Å²) in [7, 11) is 0. The van der Waals surface area contributed by atoms with Crippen LogP contribution in [0.3, 0.4) is 0 Å². The lowest BCUT2D eigenvalue weighted by atomic mass is 9.94. The molecule has 120 valence electrons. The van der Waals surface area contributed by atoms with Gasteiger partial charge in [0.2, 0.25) is 0 Å². The summed E-state index contributed by atoms with van der Waals surface area (Å²) in [5, 5.41) is 11.0. The zero-order valence-corrected chi connectivity index (χ0v) is 13.9. The molecule has 0 bridgehead atoms. The summed E-state index contributed by atoms with van der Waals surface area (Å²) in [5.41, 5.74) is 0.429. The molecule has 1 aliphatic carbocycles. The van der Waals surface area contributed by atoms with Crippen LogP contribution in [0.5, 0.6) is 0 Å². The lowest BCUT2D eigenvalue weighted by Crippen LogP contribution is -2.53. The van der Waals surface area contributed by atoms with Gasteiger partial charge >= 0.3 is 6.09 Å². The molecule has 0 saturated heterocycles. The smallest absolute Gasteiger partial charge is 0.410 e. The van der Waals surface area contributed by atoms with Crippen molar-refractivity contribution >= 4 is 17.7 Å². The molecule has 1 fully saturated rings. The van der Waals surface area contributed by atoms with Crippen molar-refractivity contribution in [3.63, 3.8) is 0 Å². The zero-order valence-electron chi connectivity index (χ0n) is 13.1. The fourth-order valence-electron chi connectivity index (χ4n) is 2.87. The van der Waals surface area contributed by atoms with Crippen molar-refractivity contribution in [1.29, 1.82) is 0 Å². The van der Waals surface area contributed by atoms with Crippen molar-refractivity contribution in [1.82, 2.24) is 9.88 Å². The third-order valence-corrected chi connectivity index (χ3v) is 4.36. The predicted molar refractivity (Wildman–Crippen MR) is 82.7 cm³/mol. The molecule has 0 aromatic carbocycles. The van der Waals surface area contributed by atoms with Gasteiger partial charge < -0.3 is 9.84 Å². The maximum Gasteiger partial charge on any atom is 0.410 e. The first-order valence-corrected chi connectivity index (χ1v) is 7.92. The van der Waals surface area contributed by atoms with Gasteiger partial charge in [-0.15, -0.1) is 0 Å². The van der Waals surface area contributed by atoms with Gasteiger partial charge in [-0.1, -0.05) is 17.7 Å². The molecule has 1 aliphatic heterocycles. The van der Waals surface area contributed by atoms with Gasteiger partial charge in [0.05, 0.1) is 18.2 Å². The highest BCUT2D eigenvalue weighted by atomic mass is 35.5. The normalized spacial score (nSPS) is 23.0. The van der Waals surface area contributed by atoms with Crippen molar-refractivity contribution in [3.8, 4) is 0 Å². The van der Waals surface area contributed by atoms with Crippen molar-refractivity contribution in [2.75, 3.05) is 0 Å². The zero-order chi connectivity index (χ0) is 16.1. The second kappa shape index (κ2) is 5.10. The van der Waals surface area contributed by atoms with Crippen LogP contribution in [0.25, 0.3) is 0 Å². The maximum atomic E-state index is 12.5. The molecule has 3 rings (SSSR count). The van der Waals surface area contributed by atoms with Crippen LogP contribution < -0.4 is 0 Å². The maximum absolute atomic E-state index is 12.5. The number of pyridine rings is 1. The van der Waals surface area contributed by atoms with E-state index in [1.54, 1.807) is 11.0 Å². The SMILES string of the molecule is CC(C)(C)OC(=O)N1Cc2ccc(Cl)nc2CC1C1(O)CC1. The van der Waals surface area contributed by atoms with Crippen LogP contribution in [0.1, 0.15) is 44.9 Å². The number of rotatable bonds is 1. The lowest BCUT2D eigenvalue weighted by Gasteiger charge is -2.39. The standard InChI is InChI=1S/C16H21ClN2O3/c1-15(2,3)22-14(20)19-9-10-4-5-13(17)18-11(10)8-12(19)16(21)6-7-16/h4-5,12,21H,6-9H2,1-3H3. The van der Waals surface area contributed by atoms with Gasteiger partial charge in [-0.3, -0.25) is 4.90 Å². The van der Waals surface area contributed by atoms with Gasteiger partial charge in [0.25, 0.3) is 0 Å². The van der Waals surface area contributed by atoms with E-state index in [2.05, 4.69) is 4.98 Å². The minimum absolute atomic E-state index is 0.305. The Morgan fingerprint density at radius 2 is 2.14 bits per heavy atom. The molecule has 2 aliphatic rings. The molecule has 6 heteroatoms. The molecular weight excluding hydrogens is 304 g/mol. The van der Waals surface area contributed by atoms with Crippen LogP contribution in [0.15, 0.2) is 12.1 Å². The molecule has 0 spiro atoms. The number of hydrogen-bond donors (Lipinski definition) is 1. The first-order valence-electron chi connectivity index (χ1n) is 7.54. The molecule has 22 heavy (non-hydrogen) atoms. The third-order valence-electron chi connectivity index (χ3n) is 4.15. The number of amides is 1. The molecular formula is C16H21ClN2O3. The summed E-state index contributed by atoms with van der Waals surface area (Å²) in [6.07, 6.45) is 1.52. The Morgan fingerprint density at radius 1 is 1.45 bits per heavy atom. The van der Waals surface area contributed by atoms with Crippen LogP contribution in [0.2, 0.25) is 5.15 Å². The van der Waals surface area contributed by atoms with Gasteiger partial charge in [0.1, 0.15) is 10.8 Å². The van der Waals surface area contributed by atoms with E-state index in [0.717, 1.165) is 11.3 Å². The van der Waals surface area contributed by atoms with Gasteiger partial charge in [0, 0.05) is 12.1 Å². The largest absolute Gasteiger partial charge is 0.444 e. The molecule has 1 aromatic heterocycles. The molecule has 1 unspecified atom stereocenters. The van der Waals surface area contributed by atoms with E-state index >= 15 is 0 Å². The minimum Gasteiger partial charge on any atom is -0.444 e. The Bertz CT molecular complexity index is 608. The Kier molecular flexibility index (Phi) is 3.61. The van der Waals surface area contributed by atoms with Crippen LogP contribution in [0, 0.1) is 0 Å². The fourth-order valence-corrected chi connectivity index (χ4v) is 3.03. The Balaban J connectivity index is 1.90. The van der Waals surface area contributed by atoms with Crippen molar-refractivity contribution in [2.24, 2.45) is 0 Å². The quantitative estimate of drug-likeness (QED) is 0.807. The monoisotopic (exact) mass is 324 g/mol. The van der Waals surface area contributed by atoms with Gasteiger partial charge in [0.15, 0.2) is 0 Å². The summed E-state index contributed by atoms with van der Waals surface area (Å²) in [4.78, 5) is 18.5. The number of halogens is 1. The highest BCUT2D eigenvalue weighted by Crippen LogP contribution is 2.44. The van der Waals surface area contributed by atoms with Gasteiger partial charge in [-0.05, 0) is 45.2 Å². The molecule has 1 atom stereocenters. The van der Waals surface area contributed by atoms with E-state index in [1.165, 1.54) is 0 Å². The minimum atomic E-state index is -0.821. The highest BCUT2D eigenvalue weighted by Gasteiger charge is 2.53. The molecule has 5 nitrogen and oxygen atoms in total. The summed E-state index contributed by atoms with van der Waals surface area (Å²) >= 11 is 5.96. The van der Waals surface area contributed by atoms with Crippen LogP contribution in [0.4, 0.5) is 4.79 Å². The average molecular weight is 325 g/mol. The van der Waals surface area contributed by atoms with Crippen molar-refractivity contribution in [2.45, 2.75) is 63.8 Å². The second-order valence-corrected chi connectivity index (χ2v) is 7.56. The van der Waals surface area contributed by atoms with Crippen molar-refractivity contribution < 1.29 is 14.6 Å². The summed E-state index contributed by atoms with van der Waals surface area (Å²) in [6.45, 7) is 5.91. The summed E-state index contributed by atoms with van der Waals surface area (Å²) in [5.74, 6) is 0. The predicted octanol–water partition coefficient (Wildman–Crippen LogP) is 2.92. The number of carbonyl (C=O) groups excluding carboxylic acids is 1. The number of aromatic nitrogens is 1. The van der Waals surface area contributed by atoms with Crippen LogP contribution in [-0.4, -0.2) is 38.3 Å². The van der Waals surface area contributed by atoms with Crippen LogP contribution >= 0.6 is 11.6 Å². The topological polar surface area (TPSA) is 62.7 Å². The molecule has 2 heterocycles. The van der Waals surface area contributed by atoms with E-state index < -0.39 is 17.3 Å². The third kappa shape index (κ3) is 3.06. The molecule has 1 saturated carbocycles. The summed E-state index contributed by atoms with van der Waals surface area (Å²) < 4.78 is 5.50. The van der Waals surface area contributed by atoms with Gasteiger partial charge in [-0.25, -0.2) is 9.78 Å². The second-order valence-electron chi connectivity index (χ2n) is 7.17. The van der Waals surface area contributed by atoms with Gasteiger partial charge in [-0.2, -0.15) is 0 Å². The molecule has 0 radical (unpaired) electrons. The van der Waals surface area contributed by atoms with E-state index in [0.29, 0.717) is 31.0 Å². The Labute approximate surface area is 135 Å². The number of nitrogens with zero attached hydrogens (tertiary/aromatic N) is 2. The van der Waals surface area contributed by atoms with E-state index in [9.17, 15) is 9.90 Å². The van der Waals surface area contributed by atoms with E-state index in [4.69, 9.17) is 16.3 Å². The fraction of sp³-hybridized carbons (Fsp3) is 0.625. The summed E-state index contributed by atoms with van der Waals surface area (Å²) in [6, 6.07) is 3.30. The first-order chi connectivity index (χ1) is 10.2. The van der Waals surface area contributed by atoms with E-state index in [-0.39, 0.29) is 6.04 Å². The molecule has 1 aromatic rings.